The van der Waals surface area contributed by atoms with Gasteiger partial charge >= 0.3 is 0 Å². The molecule has 1 saturated heterocycles. The molecule has 0 spiro atoms. The number of nitrogens with zero attached hydrogens (tertiary/aromatic N) is 3. The molecule has 0 saturated carbocycles. The van der Waals surface area contributed by atoms with E-state index < -0.39 is 0 Å². The van der Waals surface area contributed by atoms with Crippen LogP contribution in [0.15, 0.2) is 60.7 Å². The minimum absolute atomic E-state index is 0.0711. The smallest absolute Gasteiger partial charge is 0.227 e. The zero-order valence-electron chi connectivity index (χ0n) is 19.9. The summed E-state index contributed by atoms with van der Waals surface area (Å²) in [5, 5.41) is 0. The summed E-state index contributed by atoms with van der Waals surface area (Å²) in [6, 6.07) is 21.2. The van der Waals surface area contributed by atoms with Gasteiger partial charge in [-0.1, -0.05) is 48.9 Å². The predicted octanol–water partition coefficient (Wildman–Crippen LogP) is 6.09. The first-order chi connectivity index (χ1) is 15.9. The predicted molar refractivity (Wildman–Crippen MR) is 135 cm³/mol. The van der Waals surface area contributed by atoms with Crippen molar-refractivity contribution in [2.24, 2.45) is 0 Å². The Balaban J connectivity index is 1.53. The molecule has 2 heterocycles. The van der Waals surface area contributed by atoms with Crippen molar-refractivity contribution in [3.05, 3.63) is 94.3 Å². The summed E-state index contributed by atoms with van der Waals surface area (Å²) in [7, 11) is 0. The molecular formula is C29H31N3O. The molecule has 0 aliphatic carbocycles. The first kappa shape index (κ1) is 21.4. The van der Waals surface area contributed by atoms with Crippen LogP contribution in [0, 0.1) is 20.8 Å². The van der Waals surface area contributed by atoms with E-state index >= 15 is 0 Å². The van der Waals surface area contributed by atoms with Gasteiger partial charge < -0.3 is 9.47 Å². The lowest BCUT2D eigenvalue weighted by Crippen LogP contribution is -2.24. The molecule has 0 bridgehead atoms. The average Bonchev–Trinajstić information content (AvgIpc) is 3.36. The van der Waals surface area contributed by atoms with Crippen LogP contribution in [-0.2, 0) is 17.8 Å². The third-order valence-electron chi connectivity index (χ3n) is 6.99. The molecule has 1 aromatic heterocycles. The Morgan fingerprint density at radius 3 is 2.36 bits per heavy atom. The molecule has 33 heavy (non-hydrogen) atoms. The molecule has 0 radical (unpaired) electrons. The van der Waals surface area contributed by atoms with Crippen molar-refractivity contribution in [3.63, 3.8) is 0 Å². The van der Waals surface area contributed by atoms with E-state index in [4.69, 9.17) is 4.98 Å². The number of hydrogen-bond donors (Lipinski definition) is 0. The number of benzene rings is 3. The second kappa shape index (κ2) is 8.51. The molecule has 4 heteroatoms. The Labute approximate surface area is 195 Å². The summed E-state index contributed by atoms with van der Waals surface area (Å²) in [6.45, 7) is 10.1. The Bertz CT molecular complexity index is 1310. The Kier molecular flexibility index (Phi) is 5.53. The Morgan fingerprint density at radius 1 is 0.970 bits per heavy atom. The van der Waals surface area contributed by atoms with Gasteiger partial charge in [0.15, 0.2) is 0 Å². The highest BCUT2D eigenvalue weighted by Gasteiger charge is 2.35. The van der Waals surface area contributed by atoms with Crippen molar-refractivity contribution in [1.29, 1.82) is 0 Å². The molecule has 1 fully saturated rings. The lowest BCUT2D eigenvalue weighted by molar-refractivity contribution is -0.117. The number of aromatic nitrogens is 2. The molecule has 1 unspecified atom stereocenters. The van der Waals surface area contributed by atoms with Gasteiger partial charge in [0.05, 0.1) is 11.0 Å². The SMILES string of the molecule is CCc1ccc(N2CC(c3nc4ccccc4n3Cc3c(C)cc(C)cc3C)CC2=O)cc1. The second-order valence-corrected chi connectivity index (χ2v) is 9.35. The van der Waals surface area contributed by atoms with E-state index in [1.165, 1.54) is 27.8 Å². The van der Waals surface area contributed by atoms with Gasteiger partial charge in [-0.05, 0) is 73.7 Å². The number of carbonyl (C=O) groups excluding carboxylic acids is 1. The molecule has 168 valence electrons. The topological polar surface area (TPSA) is 38.1 Å². The van der Waals surface area contributed by atoms with Crippen molar-refractivity contribution in [2.75, 3.05) is 11.4 Å². The molecule has 4 nitrogen and oxygen atoms in total. The maximum absolute atomic E-state index is 13.0. The van der Waals surface area contributed by atoms with E-state index in [9.17, 15) is 4.79 Å². The van der Waals surface area contributed by atoms with Crippen LogP contribution in [-0.4, -0.2) is 22.0 Å². The van der Waals surface area contributed by atoms with E-state index in [-0.39, 0.29) is 11.8 Å². The first-order valence-electron chi connectivity index (χ1n) is 11.9. The van der Waals surface area contributed by atoms with Gasteiger partial charge in [-0.15, -0.1) is 0 Å². The van der Waals surface area contributed by atoms with Crippen molar-refractivity contribution in [1.82, 2.24) is 9.55 Å². The number of aryl methyl sites for hydroxylation is 4. The second-order valence-electron chi connectivity index (χ2n) is 9.35. The standard InChI is InChI=1S/C29H31N3O/c1-5-22-10-12-24(13-11-22)31-17-23(16-28(31)33)29-30-26-8-6-7-9-27(26)32(29)18-25-20(3)14-19(2)15-21(25)4/h6-15,23H,5,16-18H2,1-4H3. The van der Waals surface area contributed by atoms with E-state index in [1.807, 2.05) is 11.0 Å². The molecule has 1 aliphatic heterocycles. The number of hydrogen-bond acceptors (Lipinski definition) is 2. The third kappa shape index (κ3) is 3.95. The molecule has 0 N–H and O–H groups in total. The molecular weight excluding hydrogens is 406 g/mol. The van der Waals surface area contributed by atoms with Gasteiger partial charge in [0.25, 0.3) is 0 Å². The van der Waals surface area contributed by atoms with Gasteiger partial charge in [-0.2, -0.15) is 0 Å². The number of fused-ring (bicyclic) bond motifs is 1. The summed E-state index contributed by atoms with van der Waals surface area (Å²) in [4.78, 5) is 20.0. The summed E-state index contributed by atoms with van der Waals surface area (Å²) in [5.74, 6) is 1.25. The number of para-hydroxylation sites is 2. The summed E-state index contributed by atoms with van der Waals surface area (Å²) >= 11 is 0. The zero-order chi connectivity index (χ0) is 23.1. The van der Waals surface area contributed by atoms with Gasteiger partial charge in [0.1, 0.15) is 5.82 Å². The lowest BCUT2D eigenvalue weighted by Gasteiger charge is -2.19. The van der Waals surface area contributed by atoms with E-state index in [0.29, 0.717) is 13.0 Å². The van der Waals surface area contributed by atoms with Crippen LogP contribution >= 0.6 is 0 Å². The number of imidazole rings is 1. The minimum atomic E-state index is 0.0711. The maximum Gasteiger partial charge on any atom is 0.227 e. The van der Waals surface area contributed by atoms with E-state index in [2.05, 4.69) is 86.9 Å². The Hall–Kier alpha value is -3.40. The Morgan fingerprint density at radius 2 is 1.67 bits per heavy atom. The van der Waals surface area contributed by atoms with Crippen LogP contribution in [0.25, 0.3) is 11.0 Å². The third-order valence-corrected chi connectivity index (χ3v) is 6.99. The van der Waals surface area contributed by atoms with E-state index in [1.54, 1.807) is 0 Å². The monoisotopic (exact) mass is 437 g/mol. The quantitative estimate of drug-likeness (QED) is 0.379. The van der Waals surface area contributed by atoms with Gasteiger partial charge in [-0.25, -0.2) is 4.98 Å². The highest BCUT2D eigenvalue weighted by Crippen LogP contribution is 2.34. The summed E-state index contributed by atoms with van der Waals surface area (Å²) < 4.78 is 2.33. The van der Waals surface area contributed by atoms with Crippen LogP contribution in [0.5, 0.6) is 0 Å². The van der Waals surface area contributed by atoms with Crippen LogP contribution in [0.1, 0.15) is 52.9 Å². The number of amides is 1. The number of carbonyl (C=O) groups is 1. The fourth-order valence-corrected chi connectivity index (χ4v) is 5.23. The molecule has 1 aliphatic rings. The van der Waals surface area contributed by atoms with Crippen LogP contribution in [0.4, 0.5) is 5.69 Å². The van der Waals surface area contributed by atoms with Crippen molar-refractivity contribution < 1.29 is 4.79 Å². The summed E-state index contributed by atoms with van der Waals surface area (Å²) in [6.07, 6.45) is 1.49. The maximum atomic E-state index is 13.0. The van der Waals surface area contributed by atoms with Crippen molar-refractivity contribution in [2.45, 2.75) is 53.0 Å². The number of rotatable bonds is 5. The van der Waals surface area contributed by atoms with Crippen LogP contribution in [0.2, 0.25) is 0 Å². The summed E-state index contributed by atoms with van der Waals surface area (Å²) in [5.41, 5.74) is 9.61. The fourth-order valence-electron chi connectivity index (χ4n) is 5.23. The first-order valence-corrected chi connectivity index (χ1v) is 11.9. The van der Waals surface area contributed by atoms with Crippen molar-refractivity contribution >= 4 is 22.6 Å². The highest BCUT2D eigenvalue weighted by atomic mass is 16.2. The van der Waals surface area contributed by atoms with E-state index in [0.717, 1.165) is 35.5 Å². The van der Waals surface area contributed by atoms with Crippen LogP contribution in [0.3, 0.4) is 0 Å². The number of anilines is 1. The molecule has 1 atom stereocenters. The van der Waals surface area contributed by atoms with Gasteiger partial charge in [0, 0.05) is 31.1 Å². The molecule has 4 aromatic rings. The average molecular weight is 438 g/mol. The molecule has 1 amide bonds. The van der Waals surface area contributed by atoms with Crippen molar-refractivity contribution in [3.8, 4) is 0 Å². The largest absolute Gasteiger partial charge is 0.323 e. The zero-order valence-corrected chi connectivity index (χ0v) is 19.9. The normalized spacial score (nSPS) is 16.2. The van der Waals surface area contributed by atoms with Gasteiger partial charge in [0.2, 0.25) is 5.91 Å². The van der Waals surface area contributed by atoms with Crippen LogP contribution < -0.4 is 4.90 Å². The lowest BCUT2D eigenvalue weighted by atomic mass is 9.99. The minimum Gasteiger partial charge on any atom is -0.323 e. The molecule has 5 rings (SSSR count). The molecule has 3 aromatic carbocycles. The fraction of sp³-hybridized carbons (Fsp3) is 0.310. The van der Waals surface area contributed by atoms with Gasteiger partial charge in [-0.3, -0.25) is 4.79 Å². The highest BCUT2D eigenvalue weighted by molar-refractivity contribution is 5.96.